The number of aliphatic hydroxyl groups is 1. The summed E-state index contributed by atoms with van der Waals surface area (Å²) in [7, 11) is 0. The molecule has 7 heteroatoms. The zero-order valence-corrected chi connectivity index (χ0v) is 13.4. The molecule has 2 aromatic heterocycles. The van der Waals surface area contributed by atoms with Crippen molar-refractivity contribution in [3.63, 3.8) is 0 Å². The first-order valence-corrected chi connectivity index (χ1v) is 7.56. The predicted molar refractivity (Wildman–Crippen MR) is 88.5 cm³/mol. The fourth-order valence-corrected chi connectivity index (χ4v) is 2.67. The van der Waals surface area contributed by atoms with E-state index in [1.807, 2.05) is 19.9 Å². The Kier molecular flexibility index (Phi) is 4.18. The Morgan fingerprint density at radius 2 is 2.04 bits per heavy atom. The van der Waals surface area contributed by atoms with Crippen LogP contribution < -0.4 is 10.9 Å². The van der Waals surface area contributed by atoms with Crippen LogP contribution in [0.5, 0.6) is 0 Å². The van der Waals surface area contributed by atoms with Crippen LogP contribution in [0.1, 0.15) is 28.6 Å². The second-order valence-electron chi connectivity index (χ2n) is 5.61. The third-order valence-corrected chi connectivity index (χ3v) is 4.01. The molecule has 0 bridgehead atoms. The summed E-state index contributed by atoms with van der Waals surface area (Å²) in [5.41, 5.74) is 3.14. The van der Waals surface area contributed by atoms with Crippen molar-refractivity contribution in [2.45, 2.75) is 26.5 Å². The first-order chi connectivity index (χ1) is 11.5. The second-order valence-corrected chi connectivity index (χ2v) is 5.61. The molecule has 1 amide bonds. The molecule has 1 aromatic carbocycles. The number of aromatic amines is 1. The van der Waals surface area contributed by atoms with Gasteiger partial charge in [0.15, 0.2) is 11.8 Å². The Bertz CT molecular complexity index is 944. The Hall–Kier alpha value is -2.93. The van der Waals surface area contributed by atoms with Crippen LogP contribution in [0.3, 0.4) is 0 Å². The van der Waals surface area contributed by atoms with Crippen molar-refractivity contribution in [1.29, 1.82) is 0 Å². The van der Waals surface area contributed by atoms with E-state index in [0.29, 0.717) is 11.2 Å². The van der Waals surface area contributed by atoms with Crippen molar-refractivity contribution in [1.82, 2.24) is 19.9 Å². The third-order valence-electron chi connectivity index (χ3n) is 4.01. The molecule has 3 N–H and O–H groups in total. The molecule has 0 fully saturated rings. The van der Waals surface area contributed by atoms with Gasteiger partial charge in [0, 0.05) is 29.6 Å². The van der Waals surface area contributed by atoms with Gasteiger partial charge in [0.2, 0.25) is 0 Å². The molecule has 3 rings (SSSR count). The average Bonchev–Trinajstić information content (AvgIpc) is 2.95. The van der Waals surface area contributed by atoms with Crippen LogP contribution >= 0.6 is 0 Å². The number of nitrogens with zero attached hydrogens (tertiary/aromatic N) is 2. The van der Waals surface area contributed by atoms with Gasteiger partial charge in [-0.25, -0.2) is 9.50 Å². The predicted octanol–water partition coefficient (Wildman–Crippen LogP) is 0.989. The molecule has 3 aromatic rings. The number of aliphatic hydroxyl groups excluding tert-OH is 1. The lowest BCUT2D eigenvalue weighted by atomic mass is 10.1. The third kappa shape index (κ3) is 2.93. The highest BCUT2D eigenvalue weighted by atomic mass is 16.3. The van der Waals surface area contributed by atoms with E-state index in [9.17, 15) is 14.7 Å². The summed E-state index contributed by atoms with van der Waals surface area (Å²) in [5, 5.41) is 15.5. The van der Waals surface area contributed by atoms with Crippen molar-refractivity contribution >= 4 is 11.6 Å². The quantitative estimate of drug-likeness (QED) is 0.666. The van der Waals surface area contributed by atoms with Gasteiger partial charge >= 0.3 is 0 Å². The van der Waals surface area contributed by atoms with Gasteiger partial charge in [0.1, 0.15) is 0 Å². The fourth-order valence-electron chi connectivity index (χ4n) is 2.67. The molecular formula is C17H18N4O3. The Morgan fingerprint density at radius 3 is 2.75 bits per heavy atom. The number of benzene rings is 1. The summed E-state index contributed by atoms with van der Waals surface area (Å²) < 4.78 is 1.59. The number of carbonyl (C=O) groups excluding carboxylic acids is 1. The highest BCUT2D eigenvalue weighted by Crippen LogP contribution is 2.15. The van der Waals surface area contributed by atoms with Crippen LogP contribution in [-0.2, 0) is 11.3 Å². The SMILES string of the molecule is Cc1nc2cc(=O)[nH]n2c(C)c1CNC(=O)C(O)c1ccccc1. The van der Waals surface area contributed by atoms with Crippen molar-refractivity contribution in [3.05, 3.63) is 69.3 Å². The van der Waals surface area contributed by atoms with Crippen molar-refractivity contribution in [3.8, 4) is 0 Å². The monoisotopic (exact) mass is 326 g/mol. The number of fused-ring (bicyclic) bond motifs is 1. The molecule has 0 aliphatic rings. The Morgan fingerprint density at radius 1 is 1.33 bits per heavy atom. The number of rotatable bonds is 4. The number of amides is 1. The number of carbonyl (C=O) groups is 1. The average molecular weight is 326 g/mol. The minimum absolute atomic E-state index is 0.212. The molecule has 0 radical (unpaired) electrons. The lowest BCUT2D eigenvalue weighted by Crippen LogP contribution is -2.29. The van der Waals surface area contributed by atoms with Gasteiger partial charge in [0.05, 0.1) is 0 Å². The molecule has 0 aliphatic carbocycles. The number of nitrogens with one attached hydrogen (secondary N) is 2. The van der Waals surface area contributed by atoms with E-state index in [0.717, 1.165) is 17.0 Å². The van der Waals surface area contributed by atoms with Crippen molar-refractivity contribution in [2.24, 2.45) is 0 Å². The molecule has 1 unspecified atom stereocenters. The van der Waals surface area contributed by atoms with E-state index >= 15 is 0 Å². The minimum Gasteiger partial charge on any atom is -0.378 e. The van der Waals surface area contributed by atoms with Crippen molar-refractivity contribution in [2.75, 3.05) is 0 Å². The largest absolute Gasteiger partial charge is 0.378 e. The summed E-state index contributed by atoms with van der Waals surface area (Å²) in [4.78, 5) is 28.0. The van der Waals surface area contributed by atoms with E-state index in [4.69, 9.17) is 0 Å². The minimum atomic E-state index is -1.23. The number of hydrogen-bond acceptors (Lipinski definition) is 4. The molecule has 124 valence electrons. The van der Waals surface area contributed by atoms with E-state index in [2.05, 4.69) is 15.4 Å². The molecule has 0 spiro atoms. The second kappa shape index (κ2) is 6.29. The standard InChI is InChI=1S/C17H18N4O3/c1-10-13(11(2)21-14(19-10)8-15(22)20-21)9-18-17(24)16(23)12-6-4-3-5-7-12/h3-8,16,23H,9H2,1-2H3,(H,18,24)(H,20,22). The number of aromatic nitrogens is 3. The van der Waals surface area contributed by atoms with E-state index in [1.165, 1.54) is 6.07 Å². The topological polar surface area (TPSA) is 99.5 Å². The van der Waals surface area contributed by atoms with E-state index < -0.39 is 12.0 Å². The van der Waals surface area contributed by atoms with Gasteiger partial charge in [-0.2, -0.15) is 0 Å². The van der Waals surface area contributed by atoms with Gasteiger partial charge in [-0.15, -0.1) is 0 Å². The molecule has 0 saturated carbocycles. The molecule has 2 heterocycles. The van der Waals surface area contributed by atoms with Crippen molar-refractivity contribution < 1.29 is 9.90 Å². The van der Waals surface area contributed by atoms with E-state index in [-0.39, 0.29) is 12.1 Å². The zero-order valence-electron chi connectivity index (χ0n) is 13.4. The van der Waals surface area contributed by atoms with Crippen LogP contribution in [-0.4, -0.2) is 25.6 Å². The number of hydrogen-bond donors (Lipinski definition) is 3. The van der Waals surface area contributed by atoms with Crippen LogP contribution in [0.4, 0.5) is 0 Å². The Labute approximate surface area is 138 Å². The van der Waals surface area contributed by atoms with Gasteiger partial charge in [-0.3, -0.25) is 14.7 Å². The highest BCUT2D eigenvalue weighted by Gasteiger charge is 2.18. The first kappa shape index (κ1) is 15.9. The summed E-state index contributed by atoms with van der Waals surface area (Å²) in [6.45, 7) is 3.87. The zero-order chi connectivity index (χ0) is 17.3. The van der Waals surface area contributed by atoms with E-state index in [1.54, 1.807) is 28.8 Å². The molecule has 0 aliphatic heterocycles. The summed E-state index contributed by atoms with van der Waals surface area (Å²) in [5.74, 6) is -0.485. The Balaban J connectivity index is 1.80. The molecule has 1 atom stereocenters. The molecule has 0 saturated heterocycles. The van der Waals surface area contributed by atoms with Gasteiger partial charge in [-0.1, -0.05) is 30.3 Å². The summed E-state index contributed by atoms with van der Waals surface area (Å²) in [6, 6.07) is 10.2. The maximum Gasteiger partial charge on any atom is 0.266 e. The summed E-state index contributed by atoms with van der Waals surface area (Å²) in [6.07, 6.45) is -1.23. The molecular weight excluding hydrogens is 308 g/mol. The normalized spacial score (nSPS) is 12.3. The highest BCUT2D eigenvalue weighted by molar-refractivity contribution is 5.81. The van der Waals surface area contributed by atoms with Crippen LogP contribution in [0.25, 0.3) is 5.65 Å². The van der Waals surface area contributed by atoms with Gasteiger partial charge in [0.25, 0.3) is 11.5 Å². The smallest absolute Gasteiger partial charge is 0.266 e. The van der Waals surface area contributed by atoms with Gasteiger partial charge < -0.3 is 10.4 Å². The summed E-state index contributed by atoms with van der Waals surface area (Å²) >= 11 is 0. The lowest BCUT2D eigenvalue weighted by molar-refractivity contribution is -0.129. The van der Waals surface area contributed by atoms with Gasteiger partial charge in [-0.05, 0) is 19.4 Å². The molecule has 24 heavy (non-hydrogen) atoms. The maximum atomic E-state index is 12.2. The molecule has 7 nitrogen and oxygen atoms in total. The lowest BCUT2D eigenvalue weighted by Gasteiger charge is -2.15. The van der Waals surface area contributed by atoms with Crippen LogP contribution in [0, 0.1) is 13.8 Å². The first-order valence-electron chi connectivity index (χ1n) is 7.56. The van der Waals surface area contributed by atoms with Crippen LogP contribution in [0.2, 0.25) is 0 Å². The number of H-pyrrole nitrogens is 1. The maximum absolute atomic E-state index is 12.2. The number of aryl methyl sites for hydroxylation is 2. The fraction of sp³-hybridized carbons (Fsp3) is 0.235. The van der Waals surface area contributed by atoms with Crippen LogP contribution in [0.15, 0.2) is 41.2 Å².